The second kappa shape index (κ2) is 11.8. The van der Waals surface area contributed by atoms with Crippen LogP contribution in [-0.2, 0) is 16.2 Å². The molecular weight excluding hydrogens is 569 g/mol. The van der Waals surface area contributed by atoms with Crippen LogP contribution >= 0.6 is 39.1 Å². The third kappa shape index (κ3) is 6.37. The van der Waals surface area contributed by atoms with Crippen LogP contribution in [0.15, 0.2) is 70.2 Å². The SMILES string of the molecule is COc1cc(/C=N\NC(=O)[C@@H]2CC(=O)N(c3ccc(Br)cc3)C2)ccc1OCc1ccc(Cl)c(Cl)c1. The minimum Gasteiger partial charge on any atom is -0.493 e. The minimum atomic E-state index is -0.481. The Hall–Kier alpha value is -3.07. The van der Waals surface area contributed by atoms with E-state index in [4.69, 9.17) is 32.7 Å². The van der Waals surface area contributed by atoms with Crippen LogP contribution in [0.3, 0.4) is 0 Å². The van der Waals surface area contributed by atoms with E-state index >= 15 is 0 Å². The van der Waals surface area contributed by atoms with Crippen molar-refractivity contribution in [2.75, 3.05) is 18.6 Å². The van der Waals surface area contributed by atoms with Gasteiger partial charge in [0.15, 0.2) is 11.5 Å². The Morgan fingerprint density at radius 2 is 1.89 bits per heavy atom. The van der Waals surface area contributed by atoms with Gasteiger partial charge in [-0.15, -0.1) is 0 Å². The highest BCUT2D eigenvalue weighted by molar-refractivity contribution is 9.10. The first-order valence-corrected chi connectivity index (χ1v) is 12.5. The molecule has 3 aromatic rings. The number of benzene rings is 3. The molecule has 10 heteroatoms. The lowest BCUT2D eigenvalue weighted by Gasteiger charge is -2.16. The van der Waals surface area contributed by atoms with Crippen LogP contribution in [0, 0.1) is 5.92 Å². The summed E-state index contributed by atoms with van der Waals surface area (Å²) in [5.41, 5.74) is 4.86. The second-order valence-electron chi connectivity index (χ2n) is 8.06. The second-order valence-corrected chi connectivity index (χ2v) is 9.79. The average molecular weight is 591 g/mol. The first-order chi connectivity index (χ1) is 17.3. The summed E-state index contributed by atoms with van der Waals surface area (Å²) < 4.78 is 12.2. The minimum absolute atomic E-state index is 0.0948. The number of halogens is 3. The number of ether oxygens (including phenoxy) is 2. The van der Waals surface area contributed by atoms with E-state index in [1.165, 1.54) is 6.21 Å². The Balaban J connectivity index is 1.33. The number of hydrazone groups is 1. The number of hydrogen-bond acceptors (Lipinski definition) is 5. The molecule has 0 aliphatic carbocycles. The molecule has 1 aliphatic heterocycles. The van der Waals surface area contributed by atoms with Gasteiger partial charge >= 0.3 is 0 Å². The molecule has 36 heavy (non-hydrogen) atoms. The van der Waals surface area contributed by atoms with Crippen LogP contribution in [0.4, 0.5) is 5.69 Å². The molecule has 7 nitrogen and oxygen atoms in total. The van der Waals surface area contributed by atoms with Crippen molar-refractivity contribution in [1.29, 1.82) is 0 Å². The van der Waals surface area contributed by atoms with Gasteiger partial charge in [0.2, 0.25) is 11.8 Å². The predicted octanol–water partition coefficient (Wildman–Crippen LogP) is 5.85. The normalized spacial score (nSPS) is 15.4. The molecule has 1 fully saturated rings. The van der Waals surface area contributed by atoms with Crippen LogP contribution in [0.25, 0.3) is 0 Å². The van der Waals surface area contributed by atoms with Crippen molar-refractivity contribution in [2.45, 2.75) is 13.0 Å². The highest BCUT2D eigenvalue weighted by atomic mass is 79.9. The zero-order valence-electron chi connectivity index (χ0n) is 19.2. The van der Waals surface area contributed by atoms with Gasteiger partial charge < -0.3 is 14.4 Å². The van der Waals surface area contributed by atoms with E-state index in [-0.39, 0.29) is 24.8 Å². The highest BCUT2D eigenvalue weighted by Crippen LogP contribution is 2.30. The van der Waals surface area contributed by atoms with Crippen LogP contribution in [0.2, 0.25) is 10.0 Å². The van der Waals surface area contributed by atoms with Gasteiger partial charge in [0.25, 0.3) is 0 Å². The lowest BCUT2D eigenvalue weighted by Crippen LogP contribution is -2.30. The monoisotopic (exact) mass is 589 g/mol. The molecule has 0 saturated carbocycles. The number of rotatable bonds is 8. The fourth-order valence-electron chi connectivity index (χ4n) is 3.69. The third-order valence-corrected chi connectivity index (χ3v) is 6.86. The molecule has 186 valence electrons. The van der Waals surface area contributed by atoms with E-state index < -0.39 is 5.92 Å². The molecule has 1 aliphatic rings. The Kier molecular flexibility index (Phi) is 8.51. The van der Waals surface area contributed by atoms with E-state index in [9.17, 15) is 9.59 Å². The van der Waals surface area contributed by atoms with Crippen LogP contribution < -0.4 is 19.8 Å². The zero-order chi connectivity index (χ0) is 25.7. The Morgan fingerprint density at radius 1 is 1.11 bits per heavy atom. The largest absolute Gasteiger partial charge is 0.493 e. The molecule has 2 amide bonds. The van der Waals surface area contributed by atoms with E-state index in [1.807, 2.05) is 30.3 Å². The third-order valence-electron chi connectivity index (χ3n) is 5.59. The van der Waals surface area contributed by atoms with Crippen molar-refractivity contribution >= 4 is 62.8 Å². The number of nitrogens with one attached hydrogen (secondary N) is 1. The molecular formula is C26H22BrCl2N3O4. The summed E-state index contributed by atoms with van der Waals surface area (Å²) in [5, 5.41) is 4.99. The molecule has 1 atom stereocenters. The van der Waals surface area contributed by atoms with Crippen molar-refractivity contribution in [3.05, 3.63) is 86.3 Å². The number of amides is 2. The first kappa shape index (κ1) is 26.0. The van der Waals surface area contributed by atoms with E-state index in [2.05, 4.69) is 26.5 Å². The van der Waals surface area contributed by atoms with Crippen molar-refractivity contribution < 1.29 is 19.1 Å². The molecule has 4 rings (SSSR count). The van der Waals surface area contributed by atoms with Crippen molar-refractivity contribution in [3.63, 3.8) is 0 Å². The van der Waals surface area contributed by atoms with E-state index in [1.54, 1.807) is 42.3 Å². The summed E-state index contributed by atoms with van der Waals surface area (Å²) in [6.07, 6.45) is 1.64. The summed E-state index contributed by atoms with van der Waals surface area (Å²) in [6, 6.07) is 18.0. The molecule has 0 spiro atoms. The lowest BCUT2D eigenvalue weighted by atomic mass is 10.1. The standard InChI is InChI=1S/C26H22BrCl2N3O4/c1-35-24-11-16(3-9-23(24)36-15-17-2-8-21(28)22(29)10-17)13-30-31-26(34)18-12-25(33)32(14-18)20-6-4-19(27)5-7-20/h2-11,13,18H,12,14-15H2,1H3,(H,31,34)/b30-13-/t18-/m1/s1. The Labute approximate surface area is 227 Å². The maximum Gasteiger partial charge on any atom is 0.245 e. The summed E-state index contributed by atoms with van der Waals surface area (Å²) in [6.45, 7) is 0.592. The first-order valence-electron chi connectivity index (χ1n) is 11.0. The van der Waals surface area contributed by atoms with Crippen molar-refractivity contribution in [3.8, 4) is 11.5 Å². The van der Waals surface area contributed by atoms with Crippen molar-refractivity contribution in [2.24, 2.45) is 11.0 Å². The molecule has 1 saturated heterocycles. The van der Waals surface area contributed by atoms with E-state index in [0.29, 0.717) is 33.7 Å². The Bertz CT molecular complexity index is 1300. The zero-order valence-corrected chi connectivity index (χ0v) is 22.3. The summed E-state index contributed by atoms with van der Waals surface area (Å²) in [5.74, 6) is 0.166. The fraction of sp³-hybridized carbons (Fsp3) is 0.192. The number of carbonyl (C=O) groups is 2. The number of nitrogens with zero attached hydrogens (tertiary/aromatic N) is 2. The van der Waals surface area contributed by atoms with Gasteiger partial charge in [-0.25, -0.2) is 5.43 Å². The van der Waals surface area contributed by atoms with Gasteiger partial charge in [0, 0.05) is 23.1 Å². The van der Waals surface area contributed by atoms with Gasteiger partial charge in [-0.1, -0.05) is 45.2 Å². The van der Waals surface area contributed by atoms with Crippen LogP contribution in [0.1, 0.15) is 17.5 Å². The van der Waals surface area contributed by atoms with Crippen LogP contribution in [0.5, 0.6) is 11.5 Å². The summed E-state index contributed by atoms with van der Waals surface area (Å²) in [7, 11) is 1.54. The maximum absolute atomic E-state index is 12.6. The number of anilines is 1. The molecule has 1 N–H and O–H groups in total. The molecule has 0 aromatic heterocycles. The lowest BCUT2D eigenvalue weighted by molar-refractivity contribution is -0.126. The molecule has 0 bridgehead atoms. The van der Waals surface area contributed by atoms with Gasteiger partial charge in [0.05, 0.1) is 29.3 Å². The fourth-order valence-corrected chi connectivity index (χ4v) is 4.27. The number of carbonyl (C=O) groups excluding carboxylic acids is 2. The van der Waals surface area contributed by atoms with Gasteiger partial charge in [0.1, 0.15) is 6.61 Å². The predicted molar refractivity (Wildman–Crippen MR) is 144 cm³/mol. The van der Waals surface area contributed by atoms with E-state index in [0.717, 1.165) is 15.7 Å². The number of methoxy groups -OCH3 is 1. The smallest absolute Gasteiger partial charge is 0.245 e. The van der Waals surface area contributed by atoms with Gasteiger partial charge in [-0.2, -0.15) is 5.10 Å². The number of hydrogen-bond donors (Lipinski definition) is 1. The molecule has 0 radical (unpaired) electrons. The maximum atomic E-state index is 12.6. The highest BCUT2D eigenvalue weighted by Gasteiger charge is 2.35. The topological polar surface area (TPSA) is 80.2 Å². The molecule has 1 heterocycles. The van der Waals surface area contributed by atoms with Gasteiger partial charge in [-0.05, 0) is 65.7 Å². The molecule has 0 unspecified atom stereocenters. The Morgan fingerprint density at radius 3 is 2.61 bits per heavy atom. The molecule has 3 aromatic carbocycles. The van der Waals surface area contributed by atoms with Crippen LogP contribution in [-0.4, -0.2) is 31.7 Å². The summed E-state index contributed by atoms with van der Waals surface area (Å²) >= 11 is 15.4. The summed E-state index contributed by atoms with van der Waals surface area (Å²) in [4.78, 5) is 26.6. The van der Waals surface area contributed by atoms with Gasteiger partial charge in [-0.3, -0.25) is 9.59 Å². The quantitative estimate of drug-likeness (QED) is 0.264. The van der Waals surface area contributed by atoms with Crippen molar-refractivity contribution in [1.82, 2.24) is 5.43 Å². The average Bonchev–Trinajstić information content (AvgIpc) is 3.27.